The lowest BCUT2D eigenvalue weighted by molar-refractivity contribution is -0.119. The van der Waals surface area contributed by atoms with Crippen molar-refractivity contribution in [3.8, 4) is 34.5 Å². The number of carbonyl (C=O) groups excluding carboxylic acids is 3. The van der Waals surface area contributed by atoms with Gasteiger partial charge in [-0.15, -0.1) is 0 Å². The molecule has 0 saturated heterocycles. The highest BCUT2D eigenvalue weighted by atomic mass is 28.4. The van der Waals surface area contributed by atoms with Crippen molar-refractivity contribution in [2.45, 2.75) is 154 Å². The van der Waals surface area contributed by atoms with E-state index >= 15 is 0 Å². The third kappa shape index (κ3) is 27.7. The normalized spacial score (nSPS) is 11.5. The lowest BCUT2D eigenvalue weighted by Crippen LogP contribution is -2.40. The summed E-state index contributed by atoms with van der Waals surface area (Å²) in [6.45, 7) is 10.0. The summed E-state index contributed by atoms with van der Waals surface area (Å²) in [4.78, 5) is 48.7. The standard InChI is InChI=1S/C48H56F2O5Si.C35H33FN2O4.C30H30FNO3.C7H6N4O/c1-47(2,3)56(6,7)55-34-40-28-36(26-38(30-40)32-50)14-20-44(51)19-13-35-25-37(31-49)29-39(27-35)33-54-48(41-11-9-8-10-12-41,42-15-21-45(52-4)22-16-42)43-17-23-46(53-5)24-18-43;1-40-32-13-9-30(10-14-32)35(29-6-4-3-5-7-29,31-11-15-33(41-2)16-12-31)42-24-28-21-26(20-27(22-28)23-36)8-17-34(39)38-19-18-37-25-38;1-33-28-12-8-26(9-13-28)30(25-6-4-3-5-7-25,27-10-14-29(34-2)15-11-27)35-21-24-17-22(19-31)16-23(18-24)20-32;12-7(10-3-1-8-5-10)11-4-2-9-6-11/h8-12,15-18,21-30H,13-14,19-20,31-34H2,1-7H3;3-7,9-16,18-22,25H,8,17,23-24H2,1-2H3;3-18H,19-21,32H2,1-2H3;1-6H. The van der Waals surface area contributed by atoms with Crippen molar-refractivity contribution in [2.75, 3.05) is 42.7 Å². The number of benzene rings is 13. The molecule has 0 aliphatic heterocycles. The third-order valence-electron chi connectivity index (χ3n) is 25.9. The van der Waals surface area contributed by atoms with E-state index in [1.807, 2.05) is 291 Å². The SMILES string of the molecule is COc1ccc(C(OCc2cc(CF)cc(CCC(=O)CCc3cc(CF)cc(CO[Si](C)(C)C(C)(C)C)c3)c2)(c2ccccc2)c2ccc(OC)cc2)cc1.COc1ccc(C(OCc2cc(CF)cc(CCC(=O)n3ccnc3)c2)(c2ccccc2)c2ccc(OC)cc2)cc1.COc1ccc(C(OCc2cc(CN)cc(CF)c2)(c2ccccc2)c2ccc(OC)cc2)cc1.O=C(n1ccnc1)n1ccnc1. The van der Waals surface area contributed by atoms with E-state index in [9.17, 15) is 31.9 Å². The van der Waals surface area contributed by atoms with Crippen molar-refractivity contribution < 1.29 is 79.0 Å². The van der Waals surface area contributed by atoms with Crippen molar-refractivity contribution in [1.29, 1.82) is 0 Å². The first-order valence-corrected chi connectivity index (χ1v) is 50.8. The van der Waals surface area contributed by atoms with Crippen LogP contribution in [0, 0.1) is 0 Å². The molecule has 2 N–H and O–H groups in total. The lowest BCUT2D eigenvalue weighted by Gasteiger charge is -2.36. The molecule has 0 radical (unpaired) electrons. The maximum atomic E-state index is 14.3. The number of nitrogens with zero attached hydrogens (tertiary/aromatic N) is 6. The van der Waals surface area contributed by atoms with Crippen LogP contribution in [0.25, 0.3) is 0 Å². The van der Waals surface area contributed by atoms with Crippen LogP contribution in [0.3, 0.4) is 0 Å². The zero-order valence-electron chi connectivity index (χ0n) is 83.8. The third-order valence-corrected chi connectivity index (χ3v) is 30.3. The first-order chi connectivity index (χ1) is 70.3. The van der Waals surface area contributed by atoms with Crippen LogP contribution in [-0.4, -0.2) is 97.4 Å². The van der Waals surface area contributed by atoms with E-state index in [0.717, 1.165) is 129 Å². The summed E-state index contributed by atoms with van der Waals surface area (Å²) in [5, 5.41) is 0.0682. The molecular formula is C120H125F4N7O13Si. The molecule has 16 rings (SSSR count). The molecule has 20 nitrogen and oxygen atoms in total. The minimum Gasteiger partial charge on any atom is -0.497 e. The van der Waals surface area contributed by atoms with Gasteiger partial charge < -0.3 is 52.8 Å². The zero-order valence-corrected chi connectivity index (χ0v) is 84.8. The second kappa shape index (κ2) is 51.8. The number of carbonyl (C=O) groups is 3. The molecule has 0 unspecified atom stereocenters. The number of hydrogen-bond donors (Lipinski definition) is 1. The number of rotatable bonds is 41. The Labute approximate surface area is 847 Å². The summed E-state index contributed by atoms with van der Waals surface area (Å²) in [5.74, 6) is 4.47. The molecule has 0 saturated carbocycles. The second-order valence-corrected chi connectivity index (χ2v) is 41.2. The van der Waals surface area contributed by atoms with Gasteiger partial charge in [0.15, 0.2) is 8.32 Å². The predicted molar refractivity (Wildman–Crippen MR) is 560 cm³/mol. The molecule has 750 valence electrons. The maximum Gasteiger partial charge on any atom is 0.338 e. The van der Waals surface area contributed by atoms with Crippen molar-refractivity contribution in [3.63, 3.8) is 0 Å². The number of alkyl halides is 4. The van der Waals surface area contributed by atoms with Crippen molar-refractivity contribution in [2.24, 2.45) is 5.73 Å². The lowest BCUT2D eigenvalue weighted by atomic mass is 9.80. The minimum absolute atomic E-state index is 0.0682. The molecular weight excluding hydrogens is 1850 g/mol. The molecule has 0 aliphatic rings. The highest BCUT2D eigenvalue weighted by Crippen LogP contribution is 2.47. The summed E-state index contributed by atoms with van der Waals surface area (Å²) >= 11 is 0. The van der Waals surface area contributed by atoms with Gasteiger partial charge in [0.25, 0.3) is 0 Å². The van der Waals surface area contributed by atoms with Crippen LogP contribution in [0.4, 0.5) is 22.4 Å². The van der Waals surface area contributed by atoms with Crippen molar-refractivity contribution in [1.82, 2.24) is 28.7 Å². The average Bonchev–Trinajstić information content (AvgIpc) is 1.52. The highest BCUT2D eigenvalue weighted by Gasteiger charge is 2.42. The molecule has 16 aromatic rings. The molecule has 25 heteroatoms. The van der Waals surface area contributed by atoms with E-state index in [1.165, 1.54) is 32.7 Å². The van der Waals surface area contributed by atoms with E-state index in [-0.39, 0.29) is 49.0 Å². The molecule has 0 atom stereocenters. The Morgan fingerprint density at radius 2 is 0.538 bits per heavy atom. The van der Waals surface area contributed by atoms with Crippen molar-refractivity contribution >= 4 is 26.0 Å². The van der Waals surface area contributed by atoms with Gasteiger partial charge in [-0.05, 0) is 227 Å². The first kappa shape index (κ1) is 107. The van der Waals surface area contributed by atoms with Gasteiger partial charge in [0.1, 0.15) is 103 Å². The number of halogens is 4. The van der Waals surface area contributed by atoms with Gasteiger partial charge in [-0.25, -0.2) is 37.3 Å². The molecule has 0 bridgehead atoms. The van der Waals surface area contributed by atoms with Gasteiger partial charge in [0, 0.05) is 63.0 Å². The van der Waals surface area contributed by atoms with E-state index in [4.69, 9.17) is 52.8 Å². The summed E-state index contributed by atoms with van der Waals surface area (Å²) in [5.41, 5.74) is 20.4. The largest absolute Gasteiger partial charge is 0.497 e. The van der Waals surface area contributed by atoms with Crippen LogP contribution in [-0.2, 0) is 119 Å². The number of Topliss-reactive ketones (excluding diaryl/α,β-unsaturated/α-hetero) is 1. The van der Waals surface area contributed by atoms with Gasteiger partial charge in [-0.3, -0.25) is 23.3 Å². The Morgan fingerprint density at radius 1 is 0.303 bits per heavy atom. The fourth-order valence-corrected chi connectivity index (χ4v) is 18.1. The van der Waals surface area contributed by atoms with E-state index in [2.05, 4.69) is 60.9 Å². The molecule has 0 spiro atoms. The second-order valence-electron chi connectivity index (χ2n) is 36.4. The van der Waals surface area contributed by atoms with Crippen LogP contribution < -0.4 is 34.2 Å². The Morgan fingerprint density at radius 3 is 0.786 bits per heavy atom. The summed E-state index contributed by atoms with van der Waals surface area (Å²) in [6.07, 6.45) is 16.2. The quantitative estimate of drug-likeness (QED) is 0.0214. The summed E-state index contributed by atoms with van der Waals surface area (Å²) in [7, 11) is 7.86. The van der Waals surface area contributed by atoms with Gasteiger partial charge in [0.2, 0.25) is 5.91 Å². The fraction of sp³-hybridized carbons (Fsp3) is 0.250. The van der Waals surface area contributed by atoms with Crippen molar-refractivity contribution in [3.05, 3.63) is 482 Å². The van der Waals surface area contributed by atoms with Crippen LogP contribution in [0.15, 0.2) is 366 Å². The zero-order chi connectivity index (χ0) is 103. The van der Waals surface area contributed by atoms with Crippen LogP contribution in [0.5, 0.6) is 34.5 Å². The van der Waals surface area contributed by atoms with Crippen LogP contribution in [0.1, 0.15) is 162 Å². The number of aryl methyl sites for hydroxylation is 3. The smallest absolute Gasteiger partial charge is 0.338 e. The molecule has 13 aromatic carbocycles. The molecule has 3 heterocycles. The first-order valence-electron chi connectivity index (χ1n) is 47.9. The Balaban J connectivity index is 0.000000175. The number of ketones is 1. The van der Waals surface area contributed by atoms with E-state index < -0.39 is 51.8 Å². The summed E-state index contributed by atoms with van der Waals surface area (Å²) in [6, 6.07) is 99.6. The maximum absolute atomic E-state index is 14.3. The Hall–Kier alpha value is -15.0. The number of aromatic nitrogens is 6. The van der Waals surface area contributed by atoms with Gasteiger partial charge >= 0.3 is 6.03 Å². The fourth-order valence-electron chi connectivity index (χ4n) is 17.2. The Kier molecular flexibility index (Phi) is 38.4. The number of imidazole rings is 3. The number of ether oxygens (including phenoxy) is 9. The summed E-state index contributed by atoms with van der Waals surface area (Å²) < 4.78 is 120. The number of methoxy groups -OCH3 is 6. The van der Waals surface area contributed by atoms with Gasteiger partial charge in [-0.1, -0.05) is 257 Å². The van der Waals surface area contributed by atoms with Crippen LogP contribution >= 0.6 is 0 Å². The van der Waals surface area contributed by atoms with Crippen LogP contribution in [0.2, 0.25) is 18.1 Å². The predicted octanol–water partition coefficient (Wildman–Crippen LogP) is 25.7. The van der Waals surface area contributed by atoms with Gasteiger partial charge in [-0.2, -0.15) is 0 Å². The monoisotopic (exact) mass is 1980 g/mol. The minimum atomic E-state index is -1.98. The highest BCUT2D eigenvalue weighted by molar-refractivity contribution is 6.74. The van der Waals surface area contributed by atoms with E-state index in [0.29, 0.717) is 67.5 Å². The molecule has 3 aromatic heterocycles. The van der Waals surface area contributed by atoms with E-state index in [1.54, 1.807) is 85.9 Å². The number of hydrogen-bond acceptors (Lipinski definition) is 17. The topological polar surface area (TPSA) is 223 Å². The number of nitrogens with two attached hydrogens (primary N) is 1. The molecule has 0 aliphatic carbocycles. The Bertz CT molecular complexity index is 6530. The molecule has 145 heavy (non-hydrogen) atoms. The molecule has 0 amide bonds. The molecule has 0 fully saturated rings. The average molecular weight is 1980 g/mol. The van der Waals surface area contributed by atoms with Gasteiger partial charge in [0.05, 0.1) is 69.1 Å².